The maximum Gasteiger partial charge on any atom is 0.219 e. The third-order valence-electron chi connectivity index (χ3n) is 6.18. The second-order valence-corrected chi connectivity index (χ2v) is 10.0. The van der Waals surface area contributed by atoms with Gasteiger partial charge in [0.1, 0.15) is 28.7 Å². The van der Waals surface area contributed by atoms with Crippen molar-refractivity contribution < 1.29 is 9.47 Å². The average Bonchev–Trinajstić information content (AvgIpc) is 3.36. The molecule has 7 nitrogen and oxygen atoms in total. The van der Waals surface area contributed by atoms with Crippen LogP contribution < -0.4 is 14.4 Å². The molecule has 0 fully saturated rings. The number of rotatable bonds is 5. The van der Waals surface area contributed by atoms with Crippen molar-refractivity contribution in [1.82, 2.24) is 19.3 Å². The molecule has 1 aliphatic rings. The molecular weight excluding hydrogens is 438 g/mol. The van der Waals surface area contributed by atoms with Crippen LogP contribution in [0.3, 0.4) is 0 Å². The molecular formula is C28H31N5O2. The van der Waals surface area contributed by atoms with Gasteiger partial charge in [0.25, 0.3) is 0 Å². The van der Waals surface area contributed by atoms with Gasteiger partial charge in [0.05, 0.1) is 12.4 Å². The number of pyridine rings is 2. The van der Waals surface area contributed by atoms with Crippen molar-refractivity contribution in [3.05, 3.63) is 84.1 Å². The molecule has 0 bridgehead atoms. The molecule has 35 heavy (non-hydrogen) atoms. The van der Waals surface area contributed by atoms with Gasteiger partial charge >= 0.3 is 0 Å². The molecule has 7 heteroatoms. The summed E-state index contributed by atoms with van der Waals surface area (Å²) in [5, 5.41) is 0. The summed E-state index contributed by atoms with van der Waals surface area (Å²) >= 11 is 0. The molecule has 1 aliphatic heterocycles. The van der Waals surface area contributed by atoms with E-state index < -0.39 is 0 Å². The van der Waals surface area contributed by atoms with Crippen LogP contribution in [0, 0.1) is 13.8 Å². The Kier molecular flexibility index (Phi) is 5.63. The van der Waals surface area contributed by atoms with E-state index in [9.17, 15) is 0 Å². The third-order valence-corrected chi connectivity index (χ3v) is 6.18. The van der Waals surface area contributed by atoms with Gasteiger partial charge in [-0.3, -0.25) is 4.40 Å². The van der Waals surface area contributed by atoms with Crippen LogP contribution in [-0.2, 0) is 5.41 Å². The van der Waals surface area contributed by atoms with Crippen molar-refractivity contribution in [2.24, 2.45) is 0 Å². The van der Waals surface area contributed by atoms with Crippen LogP contribution in [0.4, 0.5) is 5.82 Å². The maximum absolute atomic E-state index is 6.30. The zero-order chi connectivity index (χ0) is 24.7. The summed E-state index contributed by atoms with van der Waals surface area (Å²) in [4.78, 5) is 13.4. The first-order valence-electron chi connectivity index (χ1n) is 11.7. The minimum atomic E-state index is 0.0191. The number of ether oxygens (including phenoxy) is 2. The predicted octanol–water partition coefficient (Wildman–Crippen LogP) is 6.41. The highest BCUT2D eigenvalue weighted by Crippen LogP contribution is 2.33. The van der Waals surface area contributed by atoms with Crippen LogP contribution in [0.25, 0.3) is 5.65 Å². The van der Waals surface area contributed by atoms with Crippen LogP contribution in [0.1, 0.15) is 37.7 Å². The number of hydrogen-bond acceptors (Lipinski definition) is 6. The Bertz CT molecular complexity index is 1420. The SMILES string of the molecule is Cc1nc2cc(Oc3cccc(Oc4cc(C(C)(C)C)ccn4)c3)cc(N3C=CN(C)C3)n2c1C. The Morgan fingerprint density at radius 2 is 1.66 bits per heavy atom. The lowest BCUT2D eigenvalue weighted by atomic mass is 9.88. The van der Waals surface area contributed by atoms with Crippen LogP contribution in [0.15, 0.2) is 67.1 Å². The van der Waals surface area contributed by atoms with E-state index >= 15 is 0 Å². The Hall–Kier alpha value is -4.00. The molecule has 0 N–H and O–H groups in total. The van der Waals surface area contributed by atoms with E-state index in [1.54, 1.807) is 6.20 Å². The van der Waals surface area contributed by atoms with Crippen molar-refractivity contribution >= 4 is 11.5 Å². The Morgan fingerprint density at radius 3 is 2.37 bits per heavy atom. The molecule has 1 aromatic carbocycles. The Labute approximate surface area is 206 Å². The second-order valence-electron chi connectivity index (χ2n) is 10.0. The summed E-state index contributed by atoms with van der Waals surface area (Å²) in [6, 6.07) is 15.6. The van der Waals surface area contributed by atoms with E-state index in [0.29, 0.717) is 23.1 Å². The number of benzene rings is 1. The highest BCUT2D eigenvalue weighted by Gasteiger charge is 2.19. The molecule has 0 saturated carbocycles. The van der Waals surface area contributed by atoms with E-state index in [4.69, 9.17) is 14.5 Å². The lowest BCUT2D eigenvalue weighted by Crippen LogP contribution is -2.23. The fraction of sp³-hybridized carbons (Fsp3) is 0.286. The molecule has 0 radical (unpaired) electrons. The van der Waals surface area contributed by atoms with Gasteiger partial charge in [0.2, 0.25) is 5.88 Å². The number of aromatic nitrogens is 3. The third kappa shape index (κ3) is 4.67. The van der Waals surface area contributed by atoms with E-state index in [2.05, 4.69) is 66.3 Å². The van der Waals surface area contributed by atoms with Crippen molar-refractivity contribution in [2.45, 2.75) is 40.0 Å². The largest absolute Gasteiger partial charge is 0.457 e. The van der Waals surface area contributed by atoms with Crippen molar-refractivity contribution in [1.29, 1.82) is 0 Å². The summed E-state index contributed by atoms with van der Waals surface area (Å²) in [7, 11) is 2.05. The summed E-state index contributed by atoms with van der Waals surface area (Å²) < 4.78 is 14.5. The first-order chi connectivity index (χ1) is 16.7. The highest BCUT2D eigenvalue weighted by atomic mass is 16.5. The van der Waals surface area contributed by atoms with Gasteiger partial charge in [0.15, 0.2) is 0 Å². The molecule has 180 valence electrons. The van der Waals surface area contributed by atoms with E-state index in [-0.39, 0.29) is 5.41 Å². The molecule has 5 rings (SSSR count). The molecule has 0 spiro atoms. The van der Waals surface area contributed by atoms with Gasteiger partial charge in [-0.1, -0.05) is 26.8 Å². The standard InChI is InChI=1S/C28H31N5O2/c1-19-20(2)33-25(30-19)16-24(17-27(33)32-13-12-31(6)18-32)34-22-8-7-9-23(15-22)35-26-14-21(10-11-29-26)28(3,4)5/h7-17H,18H2,1-6H3. The normalized spacial score (nSPS) is 13.7. The number of hydrogen-bond donors (Lipinski definition) is 0. The predicted molar refractivity (Wildman–Crippen MR) is 138 cm³/mol. The Balaban J connectivity index is 1.44. The van der Waals surface area contributed by atoms with Gasteiger partial charge < -0.3 is 19.3 Å². The molecule has 0 atom stereocenters. The number of nitrogens with zero attached hydrogens (tertiary/aromatic N) is 5. The molecule has 4 aromatic rings. The van der Waals surface area contributed by atoms with Crippen LogP contribution in [0.2, 0.25) is 0 Å². The summed E-state index contributed by atoms with van der Waals surface area (Å²) in [6.45, 7) is 11.4. The minimum absolute atomic E-state index is 0.0191. The first-order valence-corrected chi connectivity index (χ1v) is 11.7. The summed E-state index contributed by atoms with van der Waals surface area (Å²) in [5.41, 5.74) is 4.16. The lowest BCUT2D eigenvalue weighted by molar-refractivity contribution is 0.446. The van der Waals surface area contributed by atoms with E-state index in [0.717, 1.165) is 29.5 Å². The number of fused-ring (bicyclic) bond motifs is 1. The highest BCUT2D eigenvalue weighted by molar-refractivity contribution is 5.61. The summed E-state index contributed by atoms with van der Waals surface area (Å²) in [6.07, 6.45) is 5.91. The average molecular weight is 470 g/mol. The molecule has 0 aliphatic carbocycles. The zero-order valence-electron chi connectivity index (χ0n) is 21.1. The fourth-order valence-corrected chi connectivity index (χ4v) is 4.12. The number of imidazole rings is 1. The van der Waals surface area contributed by atoms with Crippen LogP contribution in [0.5, 0.6) is 23.1 Å². The monoisotopic (exact) mass is 469 g/mol. The van der Waals surface area contributed by atoms with Crippen LogP contribution in [-0.4, -0.2) is 33.0 Å². The fourth-order valence-electron chi connectivity index (χ4n) is 4.12. The summed E-state index contributed by atoms with van der Waals surface area (Å²) in [5.74, 6) is 3.63. The van der Waals surface area contributed by atoms with Gasteiger partial charge in [-0.05, 0) is 43.0 Å². The molecule has 0 saturated heterocycles. The van der Waals surface area contributed by atoms with Crippen molar-refractivity contribution in [3.63, 3.8) is 0 Å². The maximum atomic E-state index is 6.30. The lowest BCUT2D eigenvalue weighted by Gasteiger charge is -2.21. The van der Waals surface area contributed by atoms with Crippen LogP contribution >= 0.6 is 0 Å². The number of aryl methyl sites for hydroxylation is 2. The minimum Gasteiger partial charge on any atom is -0.457 e. The molecule has 4 heterocycles. The molecule has 3 aromatic heterocycles. The van der Waals surface area contributed by atoms with E-state index in [1.807, 2.05) is 55.5 Å². The smallest absolute Gasteiger partial charge is 0.219 e. The topological polar surface area (TPSA) is 55.1 Å². The van der Waals surface area contributed by atoms with Gasteiger partial charge in [0, 0.05) is 55.6 Å². The van der Waals surface area contributed by atoms with Crippen molar-refractivity contribution in [2.75, 3.05) is 18.6 Å². The van der Waals surface area contributed by atoms with E-state index in [1.165, 1.54) is 5.56 Å². The molecule has 0 amide bonds. The van der Waals surface area contributed by atoms with Gasteiger partial charge in [-0.25, -0.2) is 9.97 Å². The number of anilines is 1. The molecule has 0 unspecified atom stereocenters. The van der Waals surface area contributed by atoms with Crippen molar-refractivity contribution in [3.8, 4) is 23.1 Å². The van der Waals surface area contributed by atoms with Gasteiger partial charge in [-0.2, -0.15) is 0 Å². The second kappa shape index (κ2) is 8.65. The zero-order valence-corrected chi connectivity index (χ0v) is 21.1. The first kappa shape index (κ1) is 22.8. The van der Waals surface area contributed by atoms with Gasteiger partial charge in [-0.15, -0.1) is 0 Å². The Morgan fingerprint density at radius 1 is 0.886 bits per heavy atom. The quantitative estimate of drug-likeness (QED) is 0.337.